The number of fused-ring (bicyclic) bond motifs is 1. The summed E-state index contributed by atoms with van der Waals surface area (Å²) in [4.78, 5) is 18.2. The maximum Gasteiger partial charge on any atom is 0.225 e. The van der Waals surface area contributed by atoms with E-state index in [1.165, 1.54) is 57.9 Å². The first-order valence-corrected chi connectivity index (χ1v) is 14.0. The summed E-state index contributed by atoms with van der Waals surface area (Å²) in [5, 5.41) is -0.162. The van der Waals surface area contributed by atoms with Crippen LogP contribution in [0, 0.1) is 0 Å². The standard InChI is InChI=1S/C29H40N2O3S/c1-22(32)31-26-15-9-10-16-28(26)35-29(31)25-21-24(33-3)17-18-27(25)34-20-12-5-4-11-19-30(2)23-13-7-6-8-14-23/h9-10,15-18,21,23,29H,4-8,11-14,19-20H2,1-3H3. The van der Waals surface area contributed by atoms with Crippen molar-refractivity contribution in [3.63, 3.8) is 0 Å². The molecule has 2 aliphatic rings. The zero-order chi connectivity index (χ0) is 24.6. The molecule has 1 unspecified atom stereocenters. The van der Waals surface area contributed by atoms with Gasteiger partial charge in [0.2, 0.25) is 5.91 Å². The summed E-state index contributed by atoms with van der Waals surface area (Å²) in [6.45, 7) is 3.51. The molecule has 1 atom stereocenters. The molecule has 0 saturated heterocycles. The van der Waals surface area contributed by atoms with Gasteiger partial charge in [-0.3, -0.25) is 9.69 Å². The van der Waals surface area contributed by atoms with Gasteiger partial charge in [0.1, 0.15) is 16.9 Å². The highest BCUT2D eigenvalue weighted by molar-refractivity contribution is 8.00. The van der Waals surface area contributed by atoms with Gasteiger partial charge in [0.25, 0.3) is 0 Å². The third-order valence-electron chi connectivity index (χ3n) is 7.28. The van der Waals surface area contributed by atoms with Crippen molar-refractivity contribution in [3.05, 3.63) is 48.0 Å². The zero-order valence-electron chi connectivity index (χ0n) is 21.5. The Kier molecular flexibility index (Phi) is 9.38. The number of anilines is 1. The summed E-state index contributed by atoms with van der Waals surface area (Å²) in [6, 6.07) is 14.8. The maximum atomic E-state index is 12.6. The first-order chi connectivity index (χ1) is 17.1. The third kappa shape index (κ3) is 6.53. The van der Waals surface area contributed by atoms with Crippen molar-refractivity contribution < 1.29 is 14.3 Å². The number of rotatable bonds is 11. The molecule has 0 spiro atoms. The van der Waals surface area contributed by atoms with Gasteiger partial charge in [0, 0.05) is 23.4 Å². The largest absolute Gasteiger partial charge is 0.497 e. The van der Waals surface area contributed by atoms with Gasteiger partial charge in [0.15, 0.2) is 0 Å². The lowest BCUT2D eigenvalue weighted by atomic mass is 9.94. The molecule has 0 aromatic heterocycles. The summed E-state index contributed by atoms with van der Waals surface area (Å²) in [6.07, 6.45) is 11.7. The van der Waals surface area contributed by atoms with Gasteiger partial charge < -0.3 is 14.4 Å². The Morgan fingerprint density at radius 2 is 1.83 bits per heavy atom. The van der Waals surface area contributed by atoms with Gasteiger partial charge in [-0.2, -0.15) is 0 Å². The van der Waals surface area contributed by atoms with Gasteiger partial charge in [-0.15, -0.1) is 0 Å². The number of nitrogens with zero attached hydrogens (tertiary/aromatic N) is 2. The highest BCUT2D eigenvalue weighted by Gasteiger charge is 2.35. The molecular formula is C29H40N2O3S. The van der Waals surface area contributed by atoms with Crippen LogP contribution in [-0.4, -0.2) is 44.2 Å². The average molecular weight is 497 g/mol. The minimum absolute atomic E-state index is 0.0272. The first kappa shape index (κ1) is 25.9. The number of unbranched alkanes of at least 4 members (excludes halogenated alkanes) is 3. The number of hydrogen-bond donors (Lipinski definition) is 0. The minimum atomic E-state index is -0.162. The number of methoxy groups -OCH3 is 1. The molecule has 2 aromatic carbocycles. The molecule has 5 nitrogen and oxygen atoms in total. The van der Waals surface area contributed by atoms with Crippen LogP contribution in [0.5, 0.6) is 11.5 Å². The Bertz CT molecular complexity index is 976. The van der Waals surface area contributed by atoms with Crippen molar-refractivity contribution in [2.75, 3.05) is 32.2 Å². The molecule has 35 heavy (non-hydrogen) atoms. The molecule has 6 heteroatoms. The number of benzene rings is 2. The fourth-order valence-corrected chi connectivity index (χ4v) is 6.64. The van der Waals surface area contributed by atoms with Crippen LogP contribution in [0.1, 0.15) is 75.6 Å². The van der Waals surface area contributed by atoms with E-state index in [1.54, 1.807) is 25.8 Å². The van der Waals surface area contributed by atoms with Gasteiger partial charge in [-0.05, 0) is 69.6 Å². The number of ether oxygens (including phenoxy) is 2. The summed E-state index contributed by atoms with van der Waals surface area (Å²) in [5.41, 5.74) is 1.94. The van der Waals surface area contributed by atoms with E-state index in [0.29, 0.717) is 6.61 Å². The zero-order valence-corrected chi connectivity index (χ0v) is 22.3. The molecule has 1 saturated carbocycles. The fraction of sp³-hybridized carbons (Fsp3) is 0.552. The van der Waals surface area contributed by atoms with E-state index in [-0.39, 0.29) is 11.3 Å². The smallest absolute Gasteiger partial charge is 0.225 e. The summed E-state index contributed by atoms with van der Waals surface area (Å²) in [5.74, 6) is 1.63. The Labute approximate surface area is 215 Å². The number of carbonyl (C=O) groups excluding carboxylic acids is 1. The Balaban J connectivity index is 1.31. The van der Waals surface area contributed by atoms with Crippen LogP contribution in [-0.2, 0) is 4.79 Å². The second kappa shape index (κ2) is 12.7. The molecule has 2 aromatic rings. The quantitative estimate of drug-likeness (QED) is 0.312. The molecule has 4 rings (SSSR count). The van der Waals surface area contributed by atoms with E-state index in [4.69, 9.17) is 9.47 Å². The predicted molar refractivity (Wildman–Crippen MR) is 145 cm³/mol. The van der Waals surface area contributed by atoms with Crippen LogP contribution >= 0.6 is 11.8 Å². The number of carbonyl (C=O) groups is 1. The van der Waals surface area contributed by atoms with E-state index in [9.17, 15) is 4.79 Å². The first-order valence-electron chi connectivity index (χ1n) is 13.1. The number of amides is 1. The minimum Gasteiger partial charge on any atom is -0.497 e. The number of thioether (sulfide) groups is 1. The van der Waals surface area contributed by atoms with Crippen molar-refractivity contribution in [2.24, 2.45) is 0 Å². The summed E-state index contributed by atoms with van der Waals surface area (Å²) >= 11 is 1.69. The second-order valence-electron chi connectivity index (χ2n) is 9.77. The lowest BCUT2D eigenvalue weighted by Crippen LogP contribution is -2.34. The normalized spacial score (nSPS) is 18.1. The number of hydrogen-bond acceptors (Lipinski definition) is 5. The van der Waals surface area contributed by atoms with Gasteiger partial charge in [-0.25, -0.2) is 0 Å². The van der Waals surface area contributed by atoms with Crippen LogP contribution in [0.2, 0.25) is 0 Å². The SMILES string of the molecule is COc1ccc(OCCCCCCN(C)C2CCCCC2)c(C2Sc3ccccc3N2C(C)=O)c1. The average Bonchev–Trinajstić information content (AvgIpc) is 3.28. The molecule has 1 aliphatic carbocycles. The van der Waals surface area contributed by atoms with Crippen molar-refractivity contribution in [2.45, 2.75) is 81.0 Å². The Hall–Kier alpha value is -2.18. The molecule has 0 N–H and O–H groups in total. The fourth-order valence-electron chi connectivity index (χ4n) is 5.27. The molecular weight excluding hydrogens is 456 g/mol. The van der Waals surface area contributed by atoms with E-state index < -0.39 is 0 Å². The van der Waals surface area contributed by atoms with Crippen LogP contribution < -0.4 is 14.4 Å². The van der Waals surface area contributed by atoms with Crippen molar-refractivity contribution in [1.82, 2.24) is 4.90 Å². The monoisotopic (exact) mass is 496 g/mol. The van der Waals surface area contributed by atoms with E-state index >= 15 is 0 Å². The van der Waals surface area contributed by atoms with Crippen LogP contribution in [0.3, 0.4) is 0 Å². The van der Waals surface area contributed by atoms with E-state index in [0.717, 1.165) is 40.1 Å². The van der Waals surface area contributed by atoms with Crippen LogP contribution in [0.15, 0.2) is 47.4 Å². The lowest BCUT2D eigenvalue weighted by Gasteiger charge is -2.31. The molecule has 0 bridgehead atoms. The second-order valence-corrected chi connectivity index (χ2v) is 10.9. The van der Waals surface area contributed by atoms with Crippen molar-refractivity contribution >= 4 is 23.4 Å². The molecule has 0 radical (unpaired) electrons. The van der Waals surface area contributed by atoms with Gasteiger partial charge in [-0.1, -0.05) is 56.0 Å². The van der Waals surface area contributed by atoms with E-state index in [1.807, 2.05) is 41.3 Å². The highest BCUT2D eigenvalue weighted by atomic mass is 32.2. The molecule has 1 heterocycles. The predicted octanol–water partition coefficient (Wildman–Crippen LogP) is 7.06. The molecule has 190 valence electrons. The Morgan fingerprint density at radius 1 is 1.06 bits per heavy atom. The lowest BCUT2D eigenvalue weighted by molar-refractivity contribution is -0.116. The maximum absolute atomic E-state index is 12.6. The number of para-hydroxylation sites is 1. The molecule has 1 aliphatic heterocycles. The summed E-state index contributed by atoms with van der Waals surface area (Å²) < 4.78 is 11.8. The van der Waals surface area contributed by atoms with Crippen LogP contribution in [0.25, 0.3) is 0 Å². The van der Waals surface area contributed by atoms with Gasteiger partial charge >= 0.3 is 0 Å². The molecule has 1 fully saturated rings. The van der Waals surface area contributed by atoms with Crippen molar-refractivity contribution in [1.29, 1.82) is 0 Å². The topological polar surface area (TPSA) is 42.0 Å². The van der Waals surface area contributed by atoms with E-state index in [2.05, 4.69) is 18.0 Å². The molecule has 1 amide bonds. The Morgan fingerprint density at radius 3 is 2.60 bits per heavy atom. The van der Waals surface area contributed by atoms with Crippen LogP contribution in [0.4, 0.5) is 5.69 Å². The third-order valence-corrected chi connectivity index (χ3v) is 8.57. The summed E-state index contributed by atoms with van der Waals surface area (Å²) in [7, 11) is 3.97. The highest BCUT2D eigenvalue weighted by Crippen LogP contribution is 2.53. The van der Waals surface area contributed by atoms with Crippen molar-refractivity contribution in [3.8, 4) is 11.5 Å². The van der Waals surface area contributed by atoms with Gasteiger partial charge in [0.05, 0.1) is 19.4 Å².